The molecule has 1 N–H and O–H groups in total. The number of aromatic hydroxyl groups is 1. The average molecular weight is 246 g/mol. The molecule has 1 aliphatic rings. The number of pyridine rings is 1. The molecule has 1 unspecified atom stereocenters. The molecule has 1 atom stereocenters. The number of nitriles is 1. The Hall–Kier alpha value is -2.09. The number of nitrogens with zero attached hydrogens (tertiary/aromatic N) is 2. The maximum atomic E-state index is 11.9. The molecule has 0 spiro atoms. The summed E-state index contributed by atoms with van der Waals surface area (Å²) in [6, 6.07) is 1.83. The normalized spacial score (nSPS) is 17.1. The number of rotatable bonds is 2. The summed E-state index contributed by atoms with van der Waals surface area (Å²) in [7, 11) is 0. The minimum atomic E-state index is -0.558. The fourth-order valence-electron chi connectivity index (χ4n) is 2.32. The third kappa shape index (κ3) is 1.80. The summed E-state index contributed by atoms with van der Waals surface area (Å²) in [6.07, 6.45) is 1.55. The van der Waals surface area contributed by atoms with Gasteiger partial charge in [0.25, 0.3) is 0 Å². The fourth-order valence-corrected chi connectivity index (χ4v) is 2.32. The second-order valence-corrected chi connectivity index (χ2v) is 4.32. The zero-order chi connectivity index (χ0) is 13.3. The summed E-state index contributed by atoms with van der Waals surface area (Å²) in [6.45, 7) is 3.92. The quantitative estimate of drug-likeness (QED) is 0.805. The van der Waals surface area contributed by atoms with Gasteiger partial charge in [-0.05, 0) is 31.2 Å². The second-order valence-electron chi connectivity index (χ2n) is 4.32. The van der Waals surface area contributed by atoms with Crippen molar-refractivity contribution < 1.29 is 14.6 Å². The van der Waals surface area contributed by atoms with Gasteiger partial charge in [-0.2, -0.15) is 5.26 Å². The van der Waals surface area contributed by atoms with Crippen LogP contribution >= 0.6 is 0 Å². The summed E-state index contributed by atoms with van der Waals surface area (Å²) in [5.41, 5.74) is 1.55. The minimum absolute atomic E-state index is 0.0821. The van der Waals surface area contributed by atoms with Crippen LogP contribution in [0.3, 0.4) is 0 Å². The predicted molar refractivity (Wildman–Crippen MR) is 63.3 cm³/mol. The average Bonchev–Trinajstić information content (AvgIpc) is 2.69. The van der Waals surface area contributed by atoms with Gasteiger partial charge < -0.3 is 9.84 Å². The molecule has 5 heteroatoms. The Labute approximate surface area is 105 Å². The van der Waals surface area contributed by atoms with E-state index in [1.807, 2.05) is 13.0 Å². The monoisotopic (exact) mass is 246 g/mol. The van der Waals surface area contributed by atoms with Gasteiger partial charge in [-0.1, -0.05) is 6.92 Å². The van der Waals surface area contributed by atoms with Gasteiger partial charge in [-0.25, -0.2) is 9.78 Å². The summed E-state index contributed by atoms with van der Waals surface area (Å²) in [4.78, 5) is 16.0. The van der Waals surface area contributed by atoms with Crippen LogP contribution in [0.5, 0.6) is 5.88 Å². The highest BCUT2D eigenvalue weighted by Crippen LogP contribution is 2.37. The Morgan fingerprint density at radius 2 is 2.39 bits per heavy atom. The van der Waals surface area contributed by atoms with Crippen molar-refractivity contribution >= 4 is 5.97 Å². The van der Waals surface area contributed by atoms with Crippen molar-refractivity contribution in [3.05, 3.63) is 22.4 Å². The molecular weight excluding hydrogens is 232 g/mol. The molecule has 1 aromatic heterocycles. The molecule has 18 heavy (non-hydrogen) atoms. The van der Waals surface area contributed by atoms with Crippen LogP contribution in [0.2, 0.25) is 0 Å². The first-order chi connectivity index (χ1) is 8.60. The number of hydrogen-bond acceptors (Lipinski definition) is 5. The topological polar surface area (TPSA) is 83.2 Å². The van der Waals surface area contributed by atoms with Crippen LogP contribution in [-0.2, 0) is 11.2 Å². The molecule has 1 heterocycles. The van der Waals surface area contributed by atoms with E-state index in [1.54, 1.807) is 6.92 Å². The predicted octanol–water partition coefficient (Wildman–Crippen LogP) is 1.89. The van der Waals surface area contributed by atoms with Crippen molar-refractivity contribution in [2.45, 2.75) is 32.6 Å². The molecule has 1 aromatic rings. The van der Waals surface area contributed by atoms with Crippen molar-refractivity contribution in [2.24, 2.45) is 0 Å². The molecule has 5 nitrogen and oxygen atoms in total. The van der Waals surface area contributed by atoms with E-state index in [0.29, 0.717) is 12.1 Å². The second kappa shape index (κ2) is 4.65. The van der Waals surface area contributed by atoms with E-state index in [1.165, 1.54) is 0 Å². The molecule has 0 aliphatic heterocycles. The SMILES string of the molecule is CCOC(=O)c1c(C#N)c(O)nc2c1CCC2C. The van der Waals surface area contributed by atoms with Gasteiger partial charge in [0.15, 0.2) is 0 Å². The van der Waals surface area contributed by atoms with Gasteiger partial charge >= 0.3 is 5.97 Å². The lowest BCUT2D eigenvalue weighted by Gasteiger charge is -2.11. The zero-order valence-corrected chi connectivity index (χ0v) is 10.4. The van der Waals surface area contributed by atoms with Gasteiger partial charge in [0.2, 0.25) is 5.88 Å². The minimum Gasteiger partial charge on any atom is -0.492 e. The van der Waals surface area contributed by atoms with E-state index in [0.717, 1.165) is 12.0 Å². The molecule has 2 rings (SSSR count). The Morgan fingerprint density at radius 3 is 3.00 bits per heavy atom. The highest BCUT2D eigenvalue weighted by atomic mass is 16.5. The number of aromatic nitrogens is 1. The Balaban J connectivity index is 2.66. The molecule has 0 saturated heterocycles. The third-order valence-electron chi connectivity index (χ3n) is 3.20. The highest BCUT2D eigenvalue weighted by molar-refractivity contribution is 5.95. The van der Waals surface area contributed by atoms with E-state index < -0.39 is 5.97 Å². The van der Waals surface area contributed by atoms with Crippen LogP contribution in [0.25, 0.3) is 0 Å². The van der Waals surface area contributed by atoms with Gasteiger partial charge in [0.05, 0.1) is 17.9 Å². The van der Waals surface area contributed by atoms with Crippen LogP contribution < -0.4 is 0 Å². The summed E-state index contributed by atoms with van der Waals surface area (Å²) in [5.74, 6) is -0.753. The number of esters is 1. The van der Waals surface area contributed by atoms with Gasteiger partial charge in [-0.15, -0.1) is 0 Å². The number of hydrogen-bond donors (Lipinski definition) is 1. The number of ether oxygens (including phenoxy) is 1. The van der Waals surface area contributed by atoms with E-state index in [9.17, 15) is 9.90 Å². The van der Waals surface area contributed by atoms with Gasteiger partial charge in [0.1, 0.15) is 11.6 Å². The lowest BCUT2D eigenvalue weighted by molar-refractivity contribution is 0.0524. The van der Waals surface area contributed by atoms with E-state index in [-0.39, 0.29) is 29.5 Å². The summed E-state index contributed by atoms with van der Waals surface area (Å²) in [5, 5.41) is 18.8. The molecular formula is C13H14N2O3. The van der Waals surface area contributed by atoms with Crippen molar-refractivity contribution in [1.82, 2.24) is 4.98 Å². The van der Waals surface area contributed by atoms with Crippen LogP contribution in [-0.4, -0.2) is 22.7 Å². The Kier molecular flexibility index (Phi) is 3.19. The molecule has 0 radical (unpaired) electrons. The summed E-state index contributed by atoms with van der Waals surface area (Å²) >= 11 is 0. The molecule has 0 aromatic carbocycles. The fraction of sp³-hybridized carbons (Fsp3) is 0.462. The smallest absolute Gasteiger partial charge is 0.340 e. The number of carbonyl (C=O) groups excluding carboxylic acids is 1. The van der Waals surface area contributed by atoms with Gasteiger partial charge in [-0.3, -0.25) is 0 Å². The van der Waals surface area contributed by atoms with Gasteiger partial charge in [0, 0.05) is 0 Å². The molecule has 1 aliphatic carbocycles. The maximum absolute atomic E-state index is 11.9. The first-order valence-electron chi connectivity index (χ1n) is 5.93. The lowest BCUT2D eigenvalue weighted by Crippen LogP contribution is -2.12. The van der Waals surface area contributed by atoms with Crippen molar-refractivity contribution in [3.8, 4) is 11.9 Å². The summed E-state index contributed by atoms with van der Waals surface area (Å²) < 4.78 is 4.96. The zero-order valence-electron chi connectivity index (χ0n) is 10.4. The molecule has 0 bridgehead atoms. The first kappa shape index (κ1) is 12.4. The van der Waals surface area contributed by atoms with E-state index >= 15 is 0 Å². The number of carbonyl (C=O) groups is 1. The van der Waals surface area contributed by atoms with E-state index in [4.69, 9.17) is 10.00 Å². The van der Waals surface area contributed by atoms with Crippen LogP contribution in [0.15, 0.2) is 0 Å². The van der Waals surface area contributed by atoms with Crippen molar-refractivity contribution in [2.75, 3.05) is 6.61 Å². The third-order valence-corrected chi connectivity index (χ3v) is 3.20. The van der Waals surface area contributed by atoms with Crippen LogP contribution in [0.1, 0.15) is 53.4 Å². The van der Waals surface area contributed by atoms with E-state index in [2.05, 4.69) is 4.98 Å². The number of fused-ring (bicyclic) bond motifs is 1. The first-order valence-corrected chi connectivity index (χ1v) is 5.93. The molecule has 0 saturated carbocycles. The molecule has 0 fully saturated rings. The maximum Gasteiger partial charge on any atom is 0.340 e. The van der Waals surface area contributed by atoms with Crippen LogP contribution in [0, 0.1) is 11.3 Å². The Morgan fingerprint density at radius 1 is 1.67 bits per heavy atom. The largest absolute Gasteiger partial charge is 0.492 e. The highest BCUT2D eigenvalue weighted by Gasteiger charge is 2.31. The Bertz CT molecular complexity index is 546. The van der Waals surface area contributed by atoms with Crippen LogP contribution in [0.4, 0.5) is 0 Å². The molecule has 94 valence electrons. The van der Waals surface area contributed by atoms with Crippen molar-refractivity contribution in [1.29, 1.82) is 5.26 Å². The molecule has 0 amide bonds. The standard InChI is InChI=1S/C13H14N2O3/c1-3-18-13(17)10-8-5-4-7(2)11(8)15-12(16)9(10)6-14/h7H,3-5H2,1-2H3,(H,15,16). The lowest BCUT2D eigenvalue weighted by atomic mass is 10.0. The van der Waals surface area contributed by atoms with Crippen molar-refractivity contribution in [3.63, 3.8) is 0 Å².